The van der Waals surface area contributed by atoms with Crippen LogP contribution in [0.25, 0.3) is 0 Å². The van der Waals surface area contributed by atoms with Gasteiger partial charge < -0.3 is 9.84 Å². The molecule has 0 saturated heterocycles. The summed E-state index contributed by atoms with van der Waals surface area (Å²) in [5.41, 5.74) is 0.988. The molecule has 1 aliphatic rings. The number of hydrogen-bond acceptors (Lipinski definition) is 2. The Hall–Kier alpha value is -0.540. The predicted molar refractivity (Wildman–Crippen MR) is 76.8 cm³/mol. The molecular weight excluding hydrogens is 292 g/mol. The Balaban J connectivity index is 2.08. The molecule has 1 fully saturated rings. The van der Waals surface area contributed by atoms with Gasteiger partial charge in [-0.25, -0.2) is 0 Å². The van der Waals surface area contributed by atoms with Gasteiger partial charge in [0.15, 0.2) is 0 Å². The van der Waals surface area contributed by atoms with E-state index in [9.17, 15) is 5.11 Å². The molecule has 0 heterocycles. The predicted octanol–water partition coefficient (Wildman–Crippen LogP) is 4.32. The van der Waals surface area contributed by atoms with Gasteiger partial charge in [-0.2, -0.15) is 0 Å². The molecule has 2 rings (SSSR count). The third kappa shape index (κ3) is 3.07. The van der Waals surface area contributed by atoms with Crippen LogP contribution in [-0.2, 0) is 0 Å². The van der Waals surface area contributed by atoms with Crippen LogP contribution in [0.15, 0.2) is 22.7 Å². The monoisotopic (exact) mass is 312 g/mol. The van der Waals surface area contributed by atoms with Crippen molar-refractivity contribution in [2.75, 3.05) is 7.11 Å². The highest BCUT2D eigenvalue weighted by Gasteiger charge is 2.26. The van der Waals surface area contributed by atoms with Crippen molar-refractivity contribution in [1.82, 2.24) is 0 Å². The zero-order valence-corrected chi connectivity index (χ0v) is 12.6. The highest BCUT2D eigenvalue weighted by Crippen LogP contribution is 2.38. The van der Waals surface area contributed by atoms with Crippen molar-refractivity contribution in [3.05, 3.63) is 28.2 Å². The topological polar surface area (TPSA) is 29.5 Å². The van der Waals surface area contributed by atoms with Crippen molar-refractivity contribution in [3.63, 3.8) is 0 Å². The maximum Gasteiger partial charge on any atom is 0.133 e. The van der Waals surface area contributed by atoms with E-state index in [0.717, 1.165) is 34.5 Å². The van der Waals surface area contributed by atoms with Gasteiger partial charge in [-0.3, -0.25) is 0 Å². The Bertz CT molecular complexity index is 397. The number of ether oxygens (including phenoxy) is 1. The first-order valence-corrected chi connectivity index (χ1v) is 7.42. The summed E-state index contributed by atoms with van der Waals surface area (Å²) >= 11 is 3.47. The second-order valence-corrected chi connectivity index (χ2v) is 6.21. The second kappa shape index (κ2) is 6.07. The molecule has 0 spiro atoms. The van der Waals surface area contributed by atoms with Gasteiger partial charge in [0, 0.05) is 0 Å². The van der Waals surface area contributed by atoms with Crippen LogP contribution in [0, 0.1) is 11.8 Å². The van der Waals surface area contributed by atoms with Crippen molar-refractivity contribution in [2.45, 2.75) is 38.7 Å². The summed E-state index contributed by atoms with van der Waals surface area (Å²) in [4.78, 5) is 0. The summed E-state index contributed by atoms with van der Waals surface area (Å²) in [5, 5.41) is 10.5. The van der Waals surface area contributed by atoms with Gasteiger partial charge in [-0.15, -0.1) is 0 Å². The van der Waals surface area contributed by atoms with Crippen molar-refractivity contribution in [3.8, 4) is 5.75 Å². The van der Waals surface area contributed by atoms with Gasteiger partial charge in [0.05, 0.1) is 17.7 Å². The number of benzene rings is 1. The molecule has 0 aromatic heterocycles. The lowest BCUT2D eigenvalue weighted by Crippen LogP contribution is -2.19. The van der Waals surface area contributed by atoms with Gasteiger partial charge in [-0.1, -0.05) is 25.8 Å². The standard InChI is InChI=1S/C15H21BrO2/c1-10-3-5-11(6-4-10)15(17)12-7-8-14(18-2)13(16)9-12/h7-11,15,17H,3-6H2,1-2H3. The summed E-state index contributed by atoms with van der Waals surface area (Å²) in [6.07, 6.45) is 4.38. The van der Waals surface area contributed by atoms with Gasteiger partial charge >= 0.3 is 0 Å². The molecule has 1 N–H and O–H groups in total. The van der Waals surface area contributed by atoms with Gasteiger partial charge in [0.25, 0.3) is 0 Å². The molecule has 0 aliphatic heterocycles. The summed E-state index contributed by atoms with van der Waals surface area (Å²) in [6.45, 7) is 2.30. The Morgan fingerprint density at radius 3 is 2.50 bits per heavy atom. The fourth-order valence-corrected chi connectivity index (χ4v) is 3.30. The van der Waals surface area contributed by atoms with Crippen LogP contribution in [0.5, 0.6) is 5.75 Å². The highest BCUT2D eigenvalue weighted by atomic mass is 79.9. The zero-order chi connectivity index (χ0) is 13.1. The quantitative estimate of drug-likeness (QED) is 0.900. The van der Waals surface area contributed by atoms with Crippen molar-refractivity contribution < 1.29 is 9.84 Å². The average Bonchev–Trinajstić information content (AvgIpc) is 2.38. The molecule has 0 radical (unpaired) electrons. The smallest absolute Gasteiger partial charge is 0.133 e. The van der Waals surface area contributed by atoms with Crippen LogP contribution in [-0.4, -0.2) is 12.2 Å². The maximum atomic E-state index is 10.5. The summed E-state index contributed by atoms with van der Waals surface area (Å²) < 4.78 is 6.12. The summed E-state index contributed by atoms with van der Waals surface area (Å²) in [5.74, 6) is 2.03. The van der Waals surface area contributed by atoms with E-state index in [1.165, 1.54) is 12.8 Å². The van der Waals surface area contributed by atoms with E-state index < -0.39 is 0 Å². The Kier molecular flexibility index (Phi) is 4.68. The SMILES string of the molecule is COc1ccc(C(O)C2CCC(C)CC2)cc1Br. The lowest BCUT2D eigenvalue weighted by atomic mass is 9.78. The molecule has 1 saturated carbocycles. The third-order valence-electron chi connectivity index (χ3n) is 4.02. The molecule has 1 unspecified atom stereocenters. The zero-order valence-electron chi connectivity index (χ0n) is 11.0. The van der Waals surface area contributed by atoms with Crippen LogP contribution in [0.3, 0.4) is 0 Å². The average molecular weight is 313 g/mol. The van der Waals surface area contributed by atoms with E-state index in [1.807, 2.05) is 18.2 Å². The van der Waals surface area contributed by atoms with Crippen LogP contribution in [0.4, 0.5) is 0 Å². The molecule has 18 heavy (non-hydrogen) atoms. The summed E-state index contributed by atoms with van der Waals surface area (Å²) in [6, 6.07) is 5.85. The second-order valence-electron chi connectivity index (χ2n) is 5.36. The van der Waals surface area contributed by atoms with E-state index in [1.54, 1.807) is 7.11 Å². The Labute approximate surface area is 117 Å². The van der Waals surface area contributed by atoms with Gasteiger partial charge in [0.2, 0.25) is 0 Å². The van der Waals surface area contributed by atoms with Crippen LogP contribution >= 0.6 is 15.9 Å². The van der Waals surface area contributed by atoms with Crippen molar-refractivity contribution in [1.29, 1.82) is 0 Å². The highest BCUT2D eigenvalue weighted by molar-refractivity contribution is 9.10. The lowest BCUT2D eigenvalue weighted by Gasteiger charge is -2.30. The number of halogens is 1. The molecule has 1 aliphatic carbocycles. The molecule has 2 nitrogen and oxygen atoms in total. The largest absolute Gasteiger partial charge is 0.496 e. The molecule has 1 atom stereocenters. The number of rotatable bonds is 3. The normalized spacial score (nSPS) is 25.8. The first-order chi connectivity index (χ1) is 8.61. The number of methoxy groups -OCH3 is 1. The Morgan fingerprint density at radius 2 is 1.94 bits per heavy atom. The fraction of sp³-hybridized carbons (Fsp3) is 0.600. The number of aliphatic hydroxyl groups is 1. The van der Waals surface area contributed by atoms with Crippen LogP contribution in [0.2, 0.25) is 0 Å². The van der Waals surface area contributed by atoms with E-state index in [2.05, 4.69) is 22.9 Å². The van der Waals surface area contributed by atoms with E-state index in [-0.39, 0.29) is 6.10 Å². The molecule has 1 aromatic carbocycles. The first-order valence-electron chi connectivity index (χ1n) is 6.63. The van der Waals surface area contributed by atoms with Crippen molar-refractivity contribution >= 4 is 15.9 Å². The van der Waals surface area contributed by atoms with Gasteiger partial charge in [0.1, 0.15) is 5.75 Å². The van der Waals surface area contributed by atoms with E-state index >= 15 is 0 Å². The summed E-state index contributed by atoms with van der Waals surface area (Å²) in [7, 11) is 1.65. The first kappa shape index (κ1) is 13.9. The van der Waals surface area contributed by atoms with Crippen molar-refractivity contribution in [2.24, 2.45) is 11.8 Å². The molecule has 100 valence electrons. The van der Waals surface area contributed by atoms with Crippen LogP contribution < -0.4 is 4.74 Å². The molecule has 1 aromatic rings. The fourth-order valence-electron chi connectivity index (χ4n) is 2.74. The third-order valence-corrected chi connectivity index (χ3v) is 4.64. The molecular formula is C15H21BrO2. The minimum Gasteiger partial charge on any atom is -0.496 e. The molecule has 0 bridgehead atoms. The van der Waals surface area contributed by atoms with Gasteiger partial charge in [-0.05, 0) is 58.3 Å². The van der Waals surface area contributed by atoms with E-state index in [0.29, 0.717) is 5.92 Å². The molecule has 0 amide bonds. The minimum atomic E-state index is -0.347. The number of hydrogen-bond donors (Lipinski definition) is 1. The Morgan fingerprint density at radius 1 is 1.28 bits per heavy atom. The molecule has 3 heteroatoms. The minimum absolute atomic E-state index is 0.347. The lowest BCUT2D eigenvalue weighted by molar-refractivity contribution is 0.0755. The number of aliphatic hydroxyl groups excluding tert-OH is 1. The maximum absolute atomic E-state index is 10.5. The van der Waals surface area contributed by atoms with Crippen LogP contribution in [0.1, 0.15) is 44.3 Å². The van der Waals surface area contributed by atoms with E-state index in [4.69, 9.17) is 4.74 Å².